The van der Waals surface area contributed by atoms with E-state index in [9.17, 15) is 18.0 Å². The number of amides is 1. The quantitative estimate of drug-likeness (QED) is 0.725. The highest BCUT2D eigenvalue weighted by molar-refractivity contribution is 5.93. The second-order valence-electron chi connectivity index (χ2n) is 6.04. The van der Waals surface area contributed by atoms with Gasteiger partial charge in [-0.1, -0.05) is 6.08 Å². The van der Waals surface area contributed by atoms with Gasteiger partial charge >= 0.3 is 6.18 Å². The molecule has 7 heteroatoms. The van der Waals surface area contributed by atoms with E-state index < -0.39 is 12.1 Å². The van der Waals surface area contributed by atoms with Crippen molar-refractivity contribution < 1.29 is 18.0 Å². The number of rotatable bonds is 2. The van der Waals surface area contributed by atoms with Crippen molar-refractivity contribution in [3.63, 3.8) is 0 Å². The molecule has 120 valence electrons. The summed E-state index contributed by atoms with van der Waals surface area (Å²) in [6.45, 7) is 0. The Morgan fingerprint density at radius 1 is 1.14 bits per heavy atom. The minimum absolute atomic E-state index is 0.0812. The molecule has 2 aliphatic rings. The highest BCUT2D eigenvalue weighted by Gasteiger charge is 2.41. The van der Waals surface area contributed by atoms with Crippen LogP contribution in [0.4, 0.5) is 13.2 Å². The largest absolute Gasteiger partial charge is 0.391 e. The lowest BCUT2D eigenvalue weighted by molar-refractivity contribution is -0.182. The highest BCUT2D eigenvalue weighted by atomic mass is 19.4. The van der Waals surface area contributed by atoms with Crippen LogP contribution in [0.2, 0.25) is 0 Å². The van der Waals surface area contributed by atoms with Crippen molar-refractivity contribution >= 4 is 5.91 Å². The molecule has 1 fully saturated rings. The maximum Gasteiger partial charge on any atom is 0.391 e. The van der Waals surface area contributed by atoms with Crippen LogP contribution in [0.25, 0.3) is 0 Å². The molecule has 0 radical (unpaired) electrons. The van der Waals surface area contributed by atoms with Crippen LogP contribution >= 0.6 is 0 Å². The molecule has 2 rings (SSSR count). The van der Waals surface area contributed by atoms with Gasteiger partial charge in [0.2, 0.25) is 5.91 Å². The second-order valence-corrected chi connectivity index (χ2v) is 6.04. The smallest absolute Gasteiger partial charge is 0.350 e. The van der Waals surface area contributed by atoms with Crippen molar-refractivity contribution in [2.24, 2.45) is 17.4 Å². The van der Waals surface area contributed by atoms with Crippen LogP contribution in [0, 0.1) is 5.92 Å². The molecule has 1 saturated carbocycles. The first-order valence-electron chi connectivity index (χ1n) is 7.37. The molecule has 0 bridgehead atoms. The van der Waals surface area contributed by atoms with Crippen molar-refractivity contribution in [3.05, 3.63) is 11.6 Å². The zero-order chi connectivity index (χ0) is 15.6. The molecule has 0 heterocycles. The fourth-order valence-corrected chi connectivity index (χ4v) is 2.99. The maximum absolute atomic E-state index is 12.6. The van der Waals surface area contributed by atoms with Gasteiger partial charge in [0.25, 0.3) is 0 Å². The van der Waals surface area contributed by atoms with Crippen molar-refractivity contribution in [1.82, 2.24) is 5.32 Å². The van der Waals surface area contributed by atoms with Gasteiger partial charge in [0.1, 0.15) is 0 Å². The van der Waals surface area contributed by atoms with E-state index in [1.165, 1.54) is 0 Å². The average molecular weight is 305 g/mol. The number of hydrogen-bond donors (Lipinski definition) is 3. The first-order chi connectivity index (χ1) is 9.77. The molecular weight excluding hydrogens is 283 g/mol. The van der Waals surface area contributed by atoms with Crippen molar-refractivity contribution in [1.29, 1.82) is 0 Å². The van der Waals surface area contributed by atoms with Gasteiger partial charge in [0, 0.05) is 23.7 Å². The number of carbonyl (C=O) groups is 1. The lowest BCUT2D eigenvalue weighted by Gasteiger charge is -2.31. The topological polar surface area (TPSA) is 81.1 Å². The Morgan fingerprint density at radius 2 is 1.76 bits per heavy atom. The number of nitrogens with one attached hydrogen (secondary N) is 1. The normalized spacial score (nSPS) is 34.2. The van der Waals surface area contributed by atoms with Crippen LogP contribution < -0.4 is 16.8 Å². The third-order valence-electron chi connectivity index (χ3n) is 4.45. The van der Waals surface area contributed by atoms with Gasteiger partial charge in [-0.05, 0) is 38.5 Å². The Bertz CT molecular complexity index is 414. The summed E-state index contributed by atoms with van der Waals surface area (Å²) < 4.78 is 37.7. The van der Waals surface area contributed by atoms with Crippen LogP contribution in [0.3, 0.4) is 0 Å². The standard InChI is InChI=1S/C14H22F3N3O/c15-14(16,17)9-2-4-10(5-3-9)20-13(21)8-1-6-11(18)12(19)7-8/h7,9-12H,1-6,18-19H2,(H,20,21)/t9-,10-,11?,12?. The third-order valence-corrected chi connectivity index (χ3v) is 4.45. The predicted molar refractivity (Wildman–Crippen MR) is 73.2 cm³/mol. The molecule has 21 heavy (non-hydrogen) atoms. The molecule has 0 aliphatic heterocycles. The first kappa shape index (κ1) is 16.3. The van der Waals surface area contributed by atoms with Crippen molar-refractivity contribution in [2.45, 2.75) is 62.8 Å². The van der Waals surface area contributed by atoms with E-state index in [1.807, 2.05) is 0 Å². The molecule has 5 N–H and O–H groups in total. The number of hydrogen-bond acceptors (Lipinski definition) is 3. The van der Waals surface area contributed by atoms with E-state index in [-0.39, 0.29) is 36.9 Å². The summed E-state index contributed by atoms with van der Waals surface area (Å²) >= 11 is 0. The summed E-state index contributed by atoms with van der Waals surface area (Å²) in [7, 11) is 0. The number of alkyl halides is 3. The molecular formula is C14H22F3N3O. The van der Waals surface area contributed by atoms with E-state index in [0.717, 1.165) is 0 Å². The SMILES string of the molecule is NC1C=C(C(=O)N[C@H]2CC[C@H](C(F)(F)F)CC2)CCC1N. The second kappa shape index (κ2) is 6.36. The Balaban J connectivity index is 1.84. The number of halogens is 3. The van der Waals surface area contributed by atoms with Gasteiger partial charge in [0.15, 0.2) is 0 Å². The Morgan fingerprint density at radius 3 is 2.29 bits per heavy atom. The minimum atomic E-state index is -4.12. The maximum atomic E-state index is 12.6. The van der Waals surface area contributed by atoms with Gasteiger partial charge in [-0.15, -0.1) is 0 Å². The van der Waals surface area contributed by atoms with E-state index in [0.29, 0.717) is 31.3 Å². The summed E-state index contributed by atoms with van der Waals surface area (Å²) in [5, 5.41) is 2.83. The summed E-state index contributed by atoms with van der Waals surface area (Å²) in [5.41, 5.74) is 12.2. The van der Waals surface area contributed by atoms with E-state index in [4.69, 9.17) is 11.5 Å². The molecule has 0 aromatic carbocycles. The summed E-state index contributed by atoms with van der Waals surface area (Å²) in [6.07, 6.45) is -0.326. The summed E-state index contributed by atoms with van der Waals surface area (Å²) in [4.78, 5) is 12.1. The van der Waals surface area contributed by atoms with E-state index >= 15 is 0 Å². The number of nitrogens with two attached hydrogens (primary N) is 2. The molecule has 2 atom stereocenters. The Hall–Kier alpha value is -1.08. The molecule has 2 unspecified atom stereocenters. The molecule has 2 aliphatic carbocycles. The van der Waals surface area contributed by atoms with E-state index in [2.05, 4.69) is 5.32 Å². The van der Waals surface area contributed by atoms with Crippen LogP contribution in [0.5, 0.6) is 0 Å². The van der Waals surface area contributed by atoms with Crippen molar-refractivity contribution in [2.75, 3.05) is 0 Å². The van der Waals surface area contributed by atoms with Crippen LogP contribution in [-0.2, 0) is 4.79 Å². The third kappa shape index (κ3) is 4.20. The van der Waals surface area contributed by atoms with Gasteiger partial charge in [-0.25, -0.2) is 0 Å². The van der Waals surface area contributed by atoms with Gasteiger partial charge < -0.3 is 16.8 Å². The Labute approximate surface area is 122 Å². The molecule has 4 nitrogen and oxygen atoms in total. The fourth-order valence-electron chi connectivity index (χ4n) is 2.99. The monoisotopic (exact) mass is 305 g/mol. The zero-order valence-electron chi connectivity index (χ0n) is 11.8. The molecule has 1 amide bonds. The molecule has 0 saturated heterocycles. The van der Waals surface area contributed by atoms with Crippen LogP contribution in [0.1, 0.15) is 38.5 Å². The fraction of sp³-hybridized carbons (Fsp3) is 0.786. The molecule has 0 aromatic rings. The average Bonchev–Trinajstić information content (AvgIpc) is 2.41. The highest BCUT2D eigenvalue weighted by Crippen LogP contribution is 2.37. The first-order valence-corrected chi connectivity index (χ1v) is 7.37. The predicted octanol–water partition coefficient (Wildman–Crippen LogP) is 1.60. The van der Waals surface area contributed by atoms with E-state index in [1.54, 1.807) is 6.08 Å². The minimum Gasteiger partial charge on any atom is -0.350 e. The van der Waals surface area contributed by atoms with Crippen LogP contribution in [-0.4, -0.2) is 30.2 Å². The lowest BCUT2D eigenvalue weighted by Crippen LogP contribution is -2.45. The molecule has 0 aromatic heterocycles. The lowest BCUT2D eigenvalue weighted by atomic mass is 9.85. The summed E-state index contributed by atoms with van der Waals surface area (Å²) in [6, 6.07) is -0.645. The summed E-state index contributed by atoms with van der Waals surface area (Å²) in [5.74, 6) is -1.45. The van der Waals surface area contributed by atoms with Crippen molar-refractivity contribution in [3.8, 4) is 0 Å². The van der Waals surface area contributed by atoms with Crippen LogP contribution in [0.15, 0.2) is 11.6 Å². The van der Waals surface area contributed by atoms with Gasteiger partial charge in [0.05, 0.1) is 5.92 Å². The molecule has 0 spiro atoms. The number of carbonyl (C=O) groups excluding carboxylic acids is 1. The van der Waals surface area contributed by atoms with Gasteiger partial charge in [-0.2, -0.15) is 13.2 Å². The van der Waals surface area contributed by atoms with Gasteiger partial charge in [-0.3, -0.25) is 4.79 Å². The Kier molecular flexibility index (Phi) is 4.93. The zero-order valence-corrected chi connectivity index (χ0v) is 11.8.